The van der Waals surface area contributed by atoms with Gasteiger partial charge in [-0.2, -0.15) is 0 Å². The van der Waals surface area contributed by atoms with Crippen molar-refractivity contribution in [2.75, 3.05) is 33.9 Å². The molecule has 1 N–H and O–H groups in total. The summed E-state index contributed by atoms with van der Waals surface area (Å²) in [4.78, 5) is 2.35. The second kappa shape index (κ2) is 6.73. The molecule has 1 saturated heterocycles. The number of methoxy groups -OCH3 is 1. The van der Waals surface area contributed by atoms with Crippen molar-refractivity contribution in [1.82, 2.24) is 4.90 Å². The first-order valence-corrected chi connectivity index (χ1v) is 7.58. The number of benzene rings is 1. The van der Waals surface area contributed by atoms with Gasteiger partial charge in [-0.25, -0.2) is 0 Å². The van der Waals surface area contributed by atoms with Crippen molar-refractivity contribution in [2.45, 2.75) is 18.8 Å². The van der Waals surface area contributed by atoms with Crippen LogP contribution in [0.4, 0.5) is 0 Å². The summed E-state index contributed by atoms with van der Waals surface area (Å²) in [6.45, 7) is 2.40. The molecule has 0 spiro atoms. The summed E-state index contributed by atoms with van der Waals surface area (Å²) in [5, 5.41) is 9.82. The highest BCUT2D eigenvalue weighted by molar-refractivity contribution is 9.10. The largest absolute Gasteiger partial charge is 0.496 e. The van der Waals surface area contributed by atoms with E-state index < -0.39 is 0 Å². The Balaban J connectivity index is 2.23. The smallest absolute Gasteiger partial charge is 0.122 e. The van der Waals surface area contributed by atoms with E-state index in [9.17, 15) is 5.11 Å². The average molecular weight is 328 g/mol. The van der Waals surface area contributed by atoms with Crippen LogP contribution < -0.4 is 4.74 Å². The van der Waals surface area contributed by atoms with Gasteiger partial charge in [-0.05, 0) is 57.1 Å². The molecule has 19 heavy (non-hydrogen) atoms. The van der Waals surface area contributed by atoms with Gasteiger partial charge in [0.2, 0.25) is 0 Å². The van der Waals surface area contributed by atoms with Crippen LogP contribution in [0.5, 0.6) is 5.75 Å². The van der Waals surface area contributed by atoms with Gasteiger partial charge in [0, 0.05) is 16.0 Å². The molecule has 0 amide bonds. The van der Waals surface area contributed by atoms with Crippen LogP contribution in [0.25, 0.3) is 0 Å². The molecule has 0 aliphatic carbocycles. The molecule has 1 aliphatic rings. The van der Waals surface area contributed by atoms with Crippen LogP contribution in [0.15, 0.2) is 22.7 Å². The zero-order valence-electron chi connectivity index (χ0n) is 11.6. The number of ether oxygens (including phenoxy) is 1. The topological polar surface area (TPSA) is 32.7 Å². The van der Waals surface area contributed by atoms with E-state index in [1.165, 1.54) is 0 Å². The third kappa shape index (κ3) is 3.50. The molecule has 0 aromatic heterocycles. The van der Waals surface area contributed by atoms with Crippen LogP contribution in [-0.2, 0) is 0 Å². The minimum Gasteiger partial charge on any atom is -0.496 e. The SMILES string of the molecule is COc1ccc(Br)cc1C(CO)C1CCN(C)CC1. The number of aliphatic hydroxyl groups is 1. The molecule has 1 unspecified atom stereocenters. The molecule has 0 saturated carbocycles. The Morgan fingerprint density at radius 3 is 2.68 bits per heavy atom. The third-order valence-electron chi connectivity index (χ3n) is 4.12. The Kier molecular flexibility index (Phi) is 5.25. The van der Waals surface area contributed by atoms with Gasteiger partial charge in [0.15, 0.2) is 0 Å². The van der Waals surface area contributed by atoms with E-state index in [0.717, 1.165) is 41.7 Å². The molecular formula is C15H22BrNO2. The van der Waals surface area contributed by atoms with Gasteiger partial charge < -0.3 is 14.7 Å². The number of hydrogen-bond donors (Lipinski definition) is 1. The van der Waals surface area contributed by atoms with Gasteiger partial charge in [-0.1, -0.05) is 15.9 Å². The highest BCUT2D eigenvalue weighted by atomic mass is 79.9. The molecule has 1 aromatic rings. The molecule has 3 nitrogen and oxygen atoms in total. The van der Waals surface area contributed by atoms with Crippen LogP contribution in [-0.4, -0.2) is 43.9 Å². The number of aliphatic hydroxyl groups excluding tert-OH is 1. The van der Waals surface area contributed by atoms with Gasteiger partial charge >= 0.3 is 0 Å². The summed E-state index contributed by atoms with van der Waals surface area (Å²) in [7, 11) is 3.85. The lowest BCUT2D eigenvalue weighted by atomic mass is 9.80. The van der Waals surface area contributed by atoms with Crippen LogP contribution in [0.3, 0.4) is 0 Å². The molecular weight excluding hydrogens is 306 g/mol. The van der Waals surface area contributed by atoms with Crippen molar-refractivity contribution in [3.05, 3.63) is 28.2 Å². The van der Waals surface area contributed by atoms with Crippen molar-refractivity contribution in [3.8, 4) is 5.75 Å². The lowest BCUT2D eigenvalue weighted by Gasteiger charge is -2.34. The molecule has 1 atom stereocenters. The normalized spacial score (nSPS) is 19.4. The van der Waals surface area contributed by atoms with E-state index in [2.05, 4.69) is 33.9 Å². The molecule has 1 aliphatic heterocycles. The van der Waals surface area contributed by atoms with Crippen molar-refractivity contribution in [1.29, 1.82) is 0 Å². The van der Waals surface area contributed by atoms with Gasteiger partial charge in [0.25, 0.3) is 0 Å². The Hall–Kier alpha value is -0.580. The Labute approximate surface area is 123 Å². The maximum absolute atomic E-state index is 9.82. The van der Waals surface area contributed by atoms with E-state index in [1.54, 1.807) is 7.11 Å². The molecule has 0 bridgehead atoms. The Morgan fingerprint density at radius 2 is 2.11 bits per heavy atom. The van der Waals surface area contributed by atoms with Gasteiger partial charge in [0.05, 0.1) is 13.7 Å². The number of nitrogens with zero attached hydrogens (tertiary/aromatic N) is 1. The molecule has 1 fully saturated rings. The lowest BCUT2D eigenvalue weighted by molar-refractivity contribution is 0.155. The van der Waals surface area contributed by atoms with Crippen LogP contribution >= 0.6 is 15.9 Å². The predicted molar refractivity (Wildman–Crippen MR) is 80.7 cm³/mol. The van der Waals surface area contributed by atoms with E-state index in [4.69, 9.17) is 4.74 Å². The first kappa shape index (κ1) is 14.8. The number of halogens is 1. The molecule has 2 rings (SSSR count). The fourth-order valence-corrected chi connectivity index (χ4v) is 3.31. The van der Waals surface area contributed by atoms with Gasteiger partial charge in [-0.3, -0.25) is 0 Å². The van der Waals surface area contributed by atoms with E-state index in [1.807, 2.05) is 12.1 Å². The molecule has 1 aromatic carbocycles. The van der Waals surface area contributed by atoms with Crippen LogP contribution in [0.1, 0.15) is 24.3 Å². The minimum absolute atomic E-state index is 0.168. The van der Waals surface area contributed by atoms with Crippen molar-refractivity contribution < 1.29 is 9.84 Å². The second-order valence-electron chi connectivity index (χ2n) is 5.32. The maximum atomic E-state index is 9.82. The summed E-state index contributed by atoms with van der Waals surface area (Å²) in [6.07, 6.45) is 2.27. The quantitative estimate of drug-likeness (QED) is 0.923. The number of rotatable bonds is 4. The maximum Gasteiger partial charge on any atom is 0.122 e. The lowest BCUT2D eigenvalue weighted by Crippen LogP contribution is -2.33. The standard InChI is InChI=1S/C15H22BrNO2/c1-17-7-5-11(6-8-17)14(10-18)13-9-12(16)3-4-15(13)19-2/h3-4,9,11,14,18H,5-8,10H2,1-2H3. The number of hydrogen-bond acceptors (Lipinski definition) is 3. The number of likely N-dealkylation sites (tertiary alicyclic amines) is 1. The zero-order valence-corrected chi connectivity index (χ0v) is 13.2. The fraction of sp³-hybridized carbons (Fsp3) is 0.600. The second-order valence-corrected chi connectivity index (χ2v) is 6.23. The van der Waals surface area contributed by atoms with Gasteiger partial charge in [-0.15, -0.1) is 0 Å². The highest BCUT2D eigenvalue weighted by Crippen LogP contribution is 2.38. The molecule has 0 radical (unpaired) electrons. The van der Waals surface area contributed by atoms with E-state index in [-0.39, 0.29) is 12.5 Å². The van der Waals surface area contributed by atoms with Gasteiger partial charge in [0.1, 0.15) is 5.75 Å². The third-order valence-corrected chi connectivity index (χ3v) is 4.61. The average Bonchev–Trinajstić information content (AvgIpc) is 2.42. The monoisotopic (exact) mass is 327 g/mol. The van der Waals surface area contributed by atoms with E-state index in [0.29, 0.717) is 5.92 Å². The summed E-state index contributed by atoms with van der Waals surface area (Å²) >= 11 is 3.51. The number of piperidine rings is 1. The molecule has 4 heteroatoms. The first-order chi connectivity index (χ1) is 9.15. The predicted octanol–water partition coefficient (Wildman–Crippen LogP) is 2.88. The molecule has 106 valence electrons. The zero-order chi connectivity index (χ0) is 13.8. The highest BCUT2D eigenvalue weighted by Gasteiger charge is 2.28. The fourth-order valence-electron chi connectivity index (χ4n) is 2.93. The van der Waals surface area contributed by atoms with Crippen molar-refractivity contribution >= 4 is 15.9 Å². The first-order valence-electron chi connectivity index (χ1n) is 6.78. The summed E-state index contributed by atoms with van der Waals surface area (Å²) in [5.74, 6) is 1.58. The Bertz CT molecular complexity index is 417. The summed E-state index contributed by atoms with van der Waals surface area (Å²) < 4.78 is 6.49. The molecule has 1 heterocycles. The van der Waals surface area contributed by atoms with Crippen molar-refractivity contribution in [3.63, 3.8) is 0 Å². The van der Waals surface area contributed by atoms with E-state index >= 15 is 0 Å². The summed E-state index contributed by atoms with van der Waals surface area (Å²) in [5.41, 5.74) is 1.12. The summed E-state index contributed by atoms with van der Waals surface area (Å²) in [6, 6.07) is 6.03. The van der Waals surface area contributed by atoms with Crippen LogP contribution in [0.2, 0.25) is 0 Å². The Morgan fingerprint density at radius 1 is 1.42 bits per heavy atom. The van der Waals surface area contributed by atoms with Crippen molar-refractivity contribution in [2.24, 2.45) is 5.92 Å². The minimum atomic E-state index is 0.168. The van der Waals surface area contributed by atoms with Crippen LogP contribution in [0, 0.1) is 5.92 Å².